The first kappa shape index (κ1) is 10.5. The highest BCUT2D eigenvalue weighted by atomic mass is 16.3. The zero-order valence-corrected chi connectivity index (χ0v) is 9.09. The summed E-state index contributed by atoms with van der Waals surface area (Å²) >= 11 is 0. The van der Waals surface area contributed by atoms with Crippen LogP contribution in [0.1, 0.15) is 24.0 Å². The molecule has 82 valence electrons. The van der Waals surface area contributed by atoms with Crippen molar-refractivity contribution in [3.05, 3.63) is 29.3 Å². The Balaban J connectivity index is 2.35. The van der Waals surface area contributed by atoms with E-state index in [2.05, 4.69) is 5.32 Å². The van der Waals surface area contributed by atoms with Crippen molar-refractivity contribution in [2.75, 3.05) is 18.8 Å². The molecule has 1 heterocycles. The van der Waals surface area contributed by atoms with Crippen LogP contribution in [0.25, 0.3) is 0 Å². The Kier molecular flexibility index (Phi) is 2.67. The van der Waals surface area contributed by atoms with E-state index in [1.54, 1.807) is 0 Å². The van der Waals surface area contributed by atoms with Crippen molar-refractivity contribution in [2.24, 2.45) is 0 Å². The van der Waals surface area contributed by atoms with Gasteiger partial charge >= 0.3 is 0 Å². The van der Waals surface area contributed by atoms with Crippen LogP contribution in [0.2, 0.25) is 0 Å². The highest BCUT2D eigenvalue weighted by molar-refractivity contribution is 5.52. The number of piperidine rings is 1. The van der Waals surface area contributed by atoms with Gasteiger partial charge in [-0.1, -0.05) is 12.1 Å². The summed E-state index contributed by atoms with van der Waals surface area (Å²) in [5, 5.41) is 13.7. The molecule has 1 saturated heterocycles. The van der Waals surface area contributed by atoms with Gasteiger partial charge in [-0.15, -0.1) is 0 Å². The minimum absolute atomic E-state index is 0.708. The Morgan fingerprint density at radius 1 is 1.33 bits per heavy atom. The van der Waals surface area contributed by atoms with Gasteiger partial charge in [0.05, 0.1) is 5.60 Å². The molecule has 0 aromatic heterocycles. The number of aliphatic hydroxyl groups is 1. The predicted molar refractivity (Wildman–Crippen MR) is 61.6 cm³/mol. The fourth-order valence-electron chi connectivity index (χ4n) is 2.22. The first-order valence-electron chi connectivity index (χ1n) is 5.41. The molecule has 1 fully saturated rings. The molecule has 0 aliphatic carbocycles. The topological polar surface area (TPSA) is 58.3 Å². The molecule has 3 heteroatoms. The third kappa shape index (κ3) is 1.98. The molecule has 0 unspecified atom stereocenters. The van der Waals surface area contributed by atoms with Crippen molar-refractivity contribution in [3.63, 3.8) is 0 Å². The van der Waals surface area contributed by atoms with E-state index >= 15 is 0 Å². The van der Waals surface area contributed by atoms with Crippen molar-refractivity contribution >= 4 is 5.69 Å². The lowest BCUT2D eigenvalue weighted by atomic mass is 9.84. The first-order chi connectivity index (χ1) is 7.12. The van der Waals surface area contributed by atoms with Gasteiger partial charge in [-0.25, -0.2) is 0 Å². The molecular formula is C12H18N2O. The summed E-state index contributed by atoms with van der Waals surface area (Å²) in [5.74, 6) is 0. The highest BCUT2D eigenvalue weighted by Crippen LogP contribution is 2.34. The number of nitrogens with two attached hydrogens (primary N) is 1. The Morgan fingerprint density at radius 3 is 2.60 bits per heavy atom. The summed E-state index contributed by atoms with van der Waals surface area (Å²) in [6, 6.07) is 5.89. The van der Waals surface area contributed by atoms with Gasteiger partial charge in [0.15, 0.2) is 0 Å². The van der Waals surface area contributed by atoms with Crippen molar-refractivity contribution in [2.45, 2.75) is 25.4 Å². The van der Waals surface area contributed by atoms with E-state index in [4.69, 9.17) is 5.73 Å². The molecule has 3 nitrogen and oxygen atoms in total. The van der Waals surface area contributed by atoms with Gasteiger partial charge in [0.1, 0.15) is 0 Å². The molecule has 1 aliphatic heterocycles. The fraction of sp³-hybridized carbons (Fsp3) is 0.500. The highest BCUT2D eigenvalue weighted by Gasteiger charge is 2.32. The normalized spacial score (nSPS) is 20.1. The van der Waals surface area contributed by atoms with E-state index in [9.17, 15) is 5.11 Å². The average Bonchev–Trinajstić information content (AvgIpc) is 2.18. The van der Waals surface area contributed by atoms with Crippen LogP contribution in [0, 0.1) is 6.92 Å². The summed E-state index contributed by atoms with van der Waals surface area (Å²) in [4.78, 5) is 0. The second-order valence-electron chi connectivity index (χ2n) is 4.37. The number of nitrogen functional groups attached to an aromatic ring is 1. The number of nitrogens with one attached hydrogen (secondary N) is 1. The summed E-state index contributed by atoms with van der Waals surface area (Å²) in [5.41, 5.74) is 7.95. The molecule has 0 spiro atoms. The molecule has 0 bridgehead atoms. The average molecular weight is 206 g/mol. The molecule has 1 aromatic rings. The van der Waals surface area contributed by atoms with Gasteiger partial charge in [0, 0.05) is 11.3 Å². The Hall–Kier alpha value is -1.06. The van der Waals surface area contributed by atoms with E-state index in [0.717, 1.165) is 37.1 Å². The van der Waals surface area contributed by atoms with E-state index in [0.29, 0.717) is 5.69 Å². The summed E-state index contributed by atoms with van der Waals surface area (Å²) in [7, 11) is 0. The quantitative estimate of drug-likeness (QED) is 0.604. The number of aryl methyl sites for hydroxylation is 1. The molecule has 1 aromatic carbocycles. The maximum absolute atomic E-state index is 10.5. The van der Waals surface area contributed by atoms with Gasteiger partial charge in [-0.3, -0.25) is 0 Å². The van der Waals surface area contributed by atoms with Crippen LogP contribution < -0.4 is 11.1 Å². The number of rotatable bonds is 1. The zero-order valence-electron chi connectivity index (χ0n) is 9.09. The van der Waals surface area contributed by atoms with Gasteiger partial charge in [-0.2, -0.15) is 0 Å². The number of hydrogen-bond donors (Lipinski definition) is 3. The SMILES string of the molecule is Cc1ccc(C2(O)CCNCC2)c(N)c1. The maximum atomic E-state index is 10.5. The maximum Gasteiger partial charge on any atom is 0.0940 e. The summed E-state index contributed by atoms with van der Waals surface area (Å²) in [6.07, 6.45) is 1.47. The van der Waals surface area contributed by atoms with Crippen molar-refractivity contribution in [3.8, 4) is 0 Å². The summed E-state index contributed by atoms with van der Waals surface area (Å²) < 4.78 is 0. The molecule has 4 N–H and O–H groups in total. The van der Waals surface area contributed by atoms with Crippen molar-refractivity contribution in [1.29, 1.82) is 0 Å². The molecule has 0 saturated carbocycles. The van der Waals surface area contributed by atoms with E-state index in [1.165, 1.54) is 0 Å². The molecule has 2 rings (SSSR count). The van der Waals surface area contributed by atoms with Crippen LogP contribution in [0.3, 0.4) is 0 Å². The number of benzene rings is 1. The molecule has 0 atom stereocenters. The van der Waals surface area contributed by atoms with Gasteiger partial charge < -0.3 is 16.2 Å². The largest absolute Gasteiger partial charge is 0.398 e. The van der Waals surface area contributed by atoms with E-state index in [1.807, 2.05) is 25.1 Å². The van der Waals surface area contributed by atoms with Crippen LogP contribution in [-0.4, -0.2) is 18.2 Å². The smallest absolute Gasteiger partial charge is 0.0940 e. The molecule has 1 aliphatic rings. The van der Waals surface area contributed by atoms with Gasteiger partial charge in [-0.05, 0) is 44.5 Å². The lowest BCUT2D eigenvalue weighted by Gasteiger charge is -2.34. The minimum atomic E-state index is -0.733. The van der Waals surface area contributed by atoms with Gasteiger partial charge in [0.2, 0.25) is 0 Å². The third-order valence-corrected chi connectivity index (χ3v) is 3.14. The Morgan fingerprint density at radius 2 is 2.00 bits per heavy atom. The van der Waals surface area contributed by atoms with Crippen LogP contribution in [0.5, 0.6) is 0 Å². The lowest BCUT2D eigenvalue weighted by molar-refractivity contribution is 0.00665. The van der Waals surface area contributed by atoms with Gasteiger partial charge in [0.25, 0.3) is 0 Å². The monoisotopic (exact) mass is 206 g/mol. The predicted octanol–water partition coefficient (Wildman–Crippen LogP) is 1.15. The van der Waals surface area contributed by atoms with Crippen LogP contribution in [-0.2, 0) is 5.60 Å². The molecular weight excluding hydrogens is 188 g/mol. The molecule has 0 radical (unpaired) electrons. The number of hydrogen-bond acceptors (Lipinski definition) is 3. The second kappa shape index (κ2) is 3.83. The summed E-state index contributed by atoms with van der Waals surface area (Å²) in [6.45, 7) is 3.71. The van der Waals surface area contributed by atoms with Crippen LogP contribution in [0.4, 0.5) is 5.69 Å². The lowest BCUT2D eigenvalue weighted by Crippen LogP contribution is -2.40. The van der Waals surface area contributed by atoms with Crippen LogP contribution in [0.15, 0.2) is 18.2 Å². The van der Waals surface area contributed by atoms with Crippen LogP contribution >= 0.6 is 0 Å². The number of anilines is 1. The first-order valence-corrected chi connectivity index (χ1v) is 5.41. The Bertz CT molecular complexity index is 357. The van der Waals surface area contributed by atoms with Crippen molar-refractivity contribution in [1.82, 2.24) is 5.32 Å². The van der Waals surface area contributed by atoms with E-state index in [-0.39, 0.29) is 0 Å². The third-order valence-electron chi connectivity index (χ3n) is 3.14. The zero-order chi connectivity index (χ0) is 10.9. The van der Waals surface area contributed by atoms with Crippen molar-refractivity contribution < 1.29 is 5.11 Å². The van der Waals surface area contributed by atoms with E-state index < -0.39 is 5.60 Å². The second-order valence-corrected chi connectivity index (χ2v) is 4.37. The molecule has 0 amide bonds. The molecule has 15 heavy (non-hydrogen) atoms. The standard InChI is InChI=1S/C12H18N2O/c1-9-2-3-10(11(13)8-9)12(15)4-6-14-7-5-12/h2-3,8,14-15H,4-7,13H2,1H3. The fourth-order valence-corrected chi connectivity index (χ4v) is 2.22. The minimum Gasteiger partial charge on any atom is -0.398 e. The Labute approximate surface area is 90.3 Å².